The fraction of sp³-hybridized carbons (Fsp3) is 0.438. The fourth-order valence-corrected chi connectivity index (χ4v) is 1.81. The van der Waals surface area contributed by atoms with Gasteiger partial charge in [-0.15, -0.1) is 0 Å². The highest BCUT2D eigenvalue weighted by Gasteiger charge is 2.12. The molecule has 1 rings (SSSR count). The molecule has 0 aliphatic rings. The maximum Gasteiger partial charge on any atom is 0.254 e. The summed E-state index contributed by atoms with van der Waals surface area (Å²) in [5.41, 5.74) is -0.256. The van der Waals surface area contributed by atoms with Gasteiger partial charge in [-0.1, -0.05) is 6.92 Å². The zero-order valence-electron chi connectivity index (χ0n) is 13.5. The minimum atomic E-state index is -0.941. The van der Waals surface area contributed by atoms with Crippen molar-refractivity contribution in [3.05, 3.63) is 35.4 Å². The quantitative estimate of drug-likeness (QED) is 0.588. The van der Waals surface area contributed by atoms with Gasteiger partial charge in [0.15, 0.2) is 0 Å². The van der Waals surface area contributed by atoms with Crippen LogP contribution in [-0.2, 0) is 9.59 Å². The Morgan fingerprint density at radius 1 is 1.00 bits per heavy atom. The van der Waals surface area contributed by atoms with Crippen LogP contribution in [0.25, 0.3) is 0 Å². The van der Waals surface area contributed by atoms with Crippen LogP contribution in [0.4, 0.5) is 8.78 Å². The zero-order valence-corrected chi connectivity index (χ0v) is 13.5. The van der Waals surface area contributed by atoms with Crippen LogP contribution in [0.2, 0.25) is 0 Å². The first-order valence-electron chi connectivity index (χ1n) is 7.70. The second-order valence-corrected chi connectivity index (χ2v) is 5.11. The molecule has 132 valence electrons. The molecule has 0 saturated carbocycles. The van der Waals surface area contributed by atoms with Gasteiger partial charge < -0.3 is 16.0 Å². The van der Waals surface area contributed by atoms with Crippen LogP contribution in [0, 0.1) is 11.6 Å². The molecular weight excluding hydrogens is 320 g/mol. The lowest BCUT2D eigenvalue weighted by atomic mass is 10.2. The molecule has 3 N–H and O–H groups in total. The van der Waals surface area contributed by atoms with Crippen molar-refractivity contribution in [2.75, 3.05) is 19.6 Å². The molecule has 24 heavy (non-hydrogen) atoms. The van der Waals surface area contributed by atoms with E-state index in [1.165, 1.54) is 0 Å². The maximum absolute atomic E-state index is 13.4. The SMILES string of the molecule is CCCNC(=O)CNC(=O)CCCNC(=O)c1ccc(F)cc1F. The molecule has 0 radical (unpaired) electrons. The third-order valence-corrected chi connectivity index (χ3v) is 3.06. The number of halogens is 2. The lowest BCUT2D eigenvalue weighted by molar-refractivity contribution is -0.126. The Labute approximate surface area is 139 Å². The van der Waals surface area contributed by atoms with Crippen LogP contribution in [0.1, 0.15) is 36.5 Å². The van der Waals surface area contributed by atoms with Crippen LogP contribution in [-0.4, -0.2) is 37.4 Å². The van der Waals surface area contributed by atoms with E-state index in [0.29, 0.717) is 19.0 Å². The van der Waals surface area contributed by atoms with Gasteiger partial charge in [0.25, 0.3) is 5.91 Å². The summed E-state index contributed by atoms with van der Waals surface area (Å²) in [7, 11) is 0. The Morgan fingerprint density at radius 3 is 2.42 bits per heavy atom. The molecule has 0 atom stereocenters. The highest BCUT2D eigenvalue weighted by Crippen LogP contribution is 2.09. The number of hydrogen-bond acceptors (Lipinski definition) is 3. The Hall–Kier alpha value is -2.51. The van der Waals surface area contributed by atoms with Gasteiger partial charge in [0.05, 0.1) is 12.1 Å². The number of hydrogen-bond donors (Lipinski definition) is 3. The maximum atomic E-state index is 13.4. The predicted molar refractivity (Wildman–Crippen MR) is 84.2 cm³/mol. The molecule has 6 nitrogen and oxygen atoms in total. The summed E-state index contributed by atoms with van der Waals surface area (Å²) < 4.78 is 26.2. The van der Waals surface area contributed by atoms with E-state index < -0.39 is 17.5 Å². The summed E-state index contributed by atoms with van der Waals surface area (Å²) in [5.74, 6) is -2.95. The summed E-state index contributed by atoms with van der Waals surface area (Å²) in [6.45, 7) is 2.54. The third kappa shape index (κ3) is 7.17. The molecule has 0 aliphatic heterocycles. The summed E-state index contributed by atoms with van der Waals surface area (Å²) in [6.07, 6.45) is 1.26. The number of carbonyl (C=O) groups is 3. The van der Waals surface area contributed by atoms with E-state index in [1.807, 2.05) is 6.92 Å². The van der Waals surface area contributed by atoms with E-state index >= 15 is 0 Å². The molecule has 0 aliphatic carbocycles. The second kappa shape index (κ2) is 10.3. The molecule has 0 aromatic heterocycles. The van der Waals surface area contributed by atoms with Gasteiger partial charge in [0.1, 0.15) is 11.6 Å². The van der Waals surface area contributed by atoms with Gasteiger partial charge in [-0.2, -0.15) is 0 Å². The van der Waals surface area contributed by atoms with Crippen LogP contribution < -0.4 is 16.0 Å². The predicted octanol–water partition coefficient (Wildman–Crippen LogP) is 1.12. The largest absolute Gasteiger partial charge is 0.355 e. The first-order valence-corrected chi connectivity index (χ1v) is 7.70. The average molecular weight is 341 g/mol. The topological polar surface area (TPSA) is 87.3 Å². The van der Waals surface area contributed by atoms with Crippen molar-refractivity contribution in [1.82, 2.24) is 16.0 Å². The minimum Gasteiger partial charge on any atom is -0.355 e. The van der Waals surface area contributed by atoms with Crippen molar-refractivity contribution in [2.45, 2.75) is 26.2 Å². The molecule has 1 aromatic carbocycles. The fourth-order valence-electron chi connectivity index (χ4n) is 1.81. The number of nitrogens with one attached hydrogen (secondary N) is 3. The Bertz CT molecular complexity index is 594. The molecule has 0 spiro atoms. The molecule has 0 unspecified atom stereocenters. The summed E-state index contributed by atoms with van der Waals surface area (Å²) in [5, 5.41) is 7.53. The van der Waals surface area contributed by atoms with Crippen molar-refractivity contribution in [1.29, 1.82) is 0 Å². The van der Waals surface area contributed by atoms with Crippen LogP contribution >= 0.6 is 0 Å². The van der Waals surface area contributed by atoms with Gasteiger partial charge >= 0.3 is 0 Å². The average Bonchev–Trinajstić information content (AvgIpc) is 2.54. The van der Waals surface area contributed by atoms with Crippen LogP contribution in [0.15, 0.2) is 18.2 Å². The van der Waals surface area contributed by atoms with Crippen molar-refractivity contribution in [3.8, 4) is 0 Å². The zero-order chi connectivity index (χ0) is 17.9. The second-order valence-electron chi connectivity index (χ2n) is 5.11. The van der Waals surface area contributed by atoms with Crippen LogP contribution in [0.5, 0.6) is 0 Å². The number of benzene rings is 1. The van der Waals surface area contributed by atoms with Crippen LogP contribution in [0.3, 0.4) is 0 Å². The Balaban J connectivity index is 2.22. The molecule has 8 heteroatoms. The lowest BCUT2D eigenvalue weighted by Gasteiger charge is -2.07. The van der Waals surface area contributed by atoms with Gasteiger partial charge in [-0.05, 0) is 25.0 Å². The highest BCUT2D eigenvalue weighted by atomic mass is 19.1. The standard InChI is InChI=1S/C16H21F2N3O3/c1-2-7-19-15(23)10-21-14(22)4-3-8-20-16(24)12-6-5-11(17)9-13(12)18/h5-6,9H,2-4,7-8,10H2,1H3,(H,19,23)(H,20,24)(H,21,22). The third-order valence-electron chi connectivity index (χ3n) is 3.06. The summed E-state index contributed by atoms with van der Waals surface area (Å²) >= 11 is 0. The van der Waals surface area contributed by atoms with Crippen molar-refractivity contribution in [3.63, 3.8) is 0 Å². The lowest BCUT2D eigenvalue weighted by Crippen LogP contribution is -2.37. The summed E-state index contributed by atoms with van der Waals surface area (Å²) in [4.78, 5) is 34.5. The van der Waals surface area contributed by atoms with Crippen molar-refractivity contribution >= 4 is 17.7 Å². The van der Waals surface area contributed by atoms with E-state index in [2.05, 4.69) is 16.0 Å². The molecule has 0 fully saturated rings. The normalized spacial score (nSPS) is 10.1. The Morgan fingerprint density at radius 2 is 1.75 bits per heavy atom. The van der Waals surface area contributed by atoms with E-state index in [1.54, 1.807) is 0 Å². The number of amides is 3. The number of rotatable bonds is 9. The van der Waals surface area contributed by atoms with Gasteiger partial charge in [0, 0.05) is 25.6 Å². The molecule has 0 heterocycles. The molecule has 1 aromatic rings. The van der Waals surface area contributed by atoms with Crippen molar-refractivity contribution in [2.24, 2.45) is 0 Å². The summed E-state index contributed by atoms with van der Waals surface area (Å²) in [6, 6.07) is 2.68. The molecule has 3 amide bonds. The van der Waals surface area contributed by atoms with Gasteiger partial charge in [0.2, 0.25) is 11.8 Å². The monoisotopic (exact) mass is 341 g/mol. The van der Waals surface area contributed by atoms with E-state index in [9.17, 15) is 23.2 Å². The van der Waals surface area contributed by atoms with Gasteiger partial charge in [-0.25, -0.2) is 8.78 Å². The van der Waals surface area contributed by atoms with E-state index in [0.717, 1.165) is 18.6 Å². The first-order chi connectivity index (χ1) is 11.4. The van der Waals surface area contributed by atoms with Crippen molar-refractivity contribution < 1.29 is 23.2 Å². The molecular formula is C16H21F2N3O3. The Kier molecular flexibility index (Phi) is 8.38. The molecule has 0 saturated heterocycles. The number of carbonyl (C=O) groups excluding carboxylic acids is 3. The van der Waals surface area contributed by atoms with E-state index in [-0.39, 0.29) is 36.9 Å². The molecule has 0 bridgehead atoms. The highest BCUT2D eigenvalue weighted by molar-refractivity contribution is 5.94. The van der Waals surface area contributed by atoms with E-state index in [4.69, 9.17) is 0 Å². The smallest absolute Gasteiger partial charge is 0.254 e. The first kappa shape index (κ1) is 19.5. The minimum absolute atomic E-state index is 0.0913. The van der Waals surface area contributed by atoms with Gasteiger partial charge in [-0.3, -0.25) is 14.4 Å².